The number of hydrogen-bond acceptors (Lipinski definition) is 3. The lowest BCUT2D eigenvalue weighted by Crippen LogP contribution is -2.42. The molecular formula is C27H31ClN2O3S. The second kappa shape index (κ2) is 11.1. The first-order valence-corrected chi connectivity index (χ1v) is 13.1. The van der Waals surface area contributed by atoms with Gasteiger partial charge >= 0.3 is 0 Å². The monoisotopic (exact) mass is 498 g/mol. The molecule has 0 spiro atoms. The van der Waals surface area contributed by atoms with Crippen LogP contribution in [0.25, 0.3) is 0 Å². The first-order chi connectivity index (χ1) is 16.1. The van der Waals surface area contributed by atoms with Gasteiger partial charge in [0.2, 0.25) is 5.91 Å². The van der Waals surface area contributed by atoms with Crippen LogP contribution in [-0.2, 0) is 14.8 Å². The topological polar surface area (TPSA) is 66.5 Å². The summed E-state index contributed by atoms with van der Waals surface area (Å²) in [4.78, 5) is 13.3. The molecular weight excluding hydrogens is 468 g/mol. The number of aryl methyl sites for hydroxylation is 2. The summed E-state index contributed by atoms with van der Waals surface area (Å²) in [7, 11) is -4.01. The first kappa shape index (κ1) is 25.8. The van der Waals surface area contributed by atoms with Crippen LogP contribution in [0.5, 0.6) is 0 Å². The minimum atomic E-state index is -4.01. The Morgan fingerprint density at radius 3 is 2.18 bits per heavy atom. The van der Waals surface area contributed by atoms with Crippen molar-refractivity contribution in [1.29, 1.82) is 0 Å². The second-order valence-corrected chi connectivity index (χ2v) is 11.2. The van der Waals surface area contributed by atoms with E-state index in [1.54, 1.807) is 12.1 Å². The second-order valence-electron chi connectivity index (χ2n) is 8.89. The van der Waals surface area contributed by atoms with Crippen molar-refractivity contribution < 1.29 is 13.2 Å². The van der Waals surface area contributed by atoms with Gasteiger partial charge in [0.25, 0.3) is 10.0 Å². The number of sulfonamides is 1. The SMILES string of the molecule is Cc1ccc(N(CC(=O)N[C@H](CC(C)C)c2ccccc2)S(=O)(=O)c2ccc(Cl)cc2)cc1C. The third-order valence-electron chi connectivity index (χ3n) is 5.71. The summed E-state index contributed by atoms with van der Waals surface area (Å²) < 4.78 is 28.4. The smallest absolute Gasteiger partial charge is 0.264 e. The van der Waals surface area contributed by atoms with E-state index < -0.39 is 10.0 Å². The van der Waals surface area contributed by atoms with Gasteiger partial charge in [-0.25, -0.2) is 8.42 Å². The van der Waals surface area contributed by atoms with Crippen molar-refractivity contribution in [2.75, 3.05) is 10.8 Å². The highest BCUT2D eigenvalue weighted by atomic mass is 35.5. The number of anilines is 1. The molecule has 1 amide bonds. The van der Waals surface area contributed by atoms with Crippen LogP contribution in [0.1, 0.15) is 43.0 Å². The van der Waals surface area contributed by atoms with Gasteiger partial charge in [0.1, 0.15) is 6.54 Å². The fraction of sp³-hybridized carbons (Fsp3) is 0.296. The minimum Gasteiger partial charge on any atom is -0.348 e. The first-order valence-electron chi connectivity index (χ1n) is 11.3. The van der Waals surface area contributed by atoms with E-state index >= 15 is 0 Å². The summed E-state index contributed by atoms with van der Waals surface area (Å²) in [5.41, 5.74) is 3.41. The van der Waals surface area contributed by atoms with E-state index in [0.717, 1.165) is 27.4 Å². The molecule has 3 rings (SSSR count). The van der Waals surface area contributed by atoms with Gasteiger partial charge in [0.15, 0.2) is 0 Å². The largest absolute Gasteiger partial charge is 0.348 e. The van der Waals surface area contributed by atoms with E-state index in [1.165, 1.54) is 24.3 Å². The number of carbonyl (C=O) groups is 1. The normalized spacial score (nSPS) is 12.4. The molecule has 0 bridgehead atoms. The molecule has 0 aliphatic rings. The molecule has 0 aromatic heterocycles. The van der Waals surface area contributed by atoms with Crippen LogP contribution >= 0.6 is 11.6 Å². The van der Waals surface area contributed by atoms with Crippen molar-refractivity contribution in [3.8, 4) is 0 Å². The molecule has 0 aliphatic heterocycles. The highest BCUT2D eigenvalue weighted by Crippen LogP contribution is 2.27. The number of rotatable bonds is 9. The molecule has 0 saturated carbocycles. The quantitative estimate of drug-likeness (QED) is 0.390. The zero-order valence-electron chi connectivity index (χ0n) is 20.0. The number of carbonyl (C=O) groups excluding carboxylic acids is 1. The summed E-state index contributed by atoms with van der Waals surface area (Å²) in [5, 5.41) is 3.50. The fourth-order valence-electron chi connectivity index (χ4n) is 3.74. The van der Waals surface area contributed by atoms with Crippen LogP contribution in [0, 0.1) is 19.8 Å². The highest BCUT2D eigenvalue weighted by molar-refractivity contribution is 7.92. The predicted octanol–water partition coefficient (Wildman–Crippen LogP) is 6.06. The molecule has 3 aromatic rings. The van der Waals surface area contributed by atoms with Crippen molar-refractivity contribution in [3.05, 3.63) is 94.5 Å². The lowest BCUT2D eigenvalue weighted by atomic mass is 9.97. The fourth-order valence-corrected chi connectivity index (χ4v) is 5.27. The van der Waals surface area contributed by atoms with E-state index in [-0.39, 0.29) is 23.4 Å². The van der Waals surface area contributed by atoms with E-state index in [9.17, 15) is 13.2 Å². The number of nitrogens with zero attached hydrogens (tertiary/aromatic N) is 1. The lowest BCUT2D eigenvalue weighted by Gasteiger charge is -2.27. The van der Waals surface area contributed by atoms with Gasteiger partial charge in [-0.15, -0.1) is 0 Å². The van der Waals surface area contributed by atoms with Gasteiger partial charge in [-0.2, -0.15) is 0 Å². The number of amides is 1. The molecule has 3 aromatic carbocycles. The summed E-state index contributed by atoms with van der Waals surface area (Å²) >= 11 is 5.97. The molecule has 180 valence electrons. The van der Waals surface area contributed by atoms with Crippen LogP contribution in [0.3, 0.4) is 0 Å². The van der Waals surface area contributed by atoms with Gasteiger partial charge in [0, 0.05) is 5.02 Å². The van der Waals surface area contributed by atoms with Crippen molar-refractivity contribution in [2.45, 2.75) is 45.1 Å². The van der Waals surface area contributed by atoms with Crippen LogP contribution < -0.4 is 9.62 Å². The van der Waals surface area contributed by atoms with E-state index in [2.05, 4.69) is 19.2 Å². The molecule has 0 heterocycles. The predicted molar refractivity (Wildman–Crippen MR) is 139 cm³/mol. The Balaban J connectivity index is 1.95. The molecule has 0 saturated heterocycles. The van der Waals surface area contributed by atoms with Crippen LogP contribution in [0.4, 0.5) is 5.69 Å². The van der Waals surface area contributed by atoms with Crippen molar-refractivity contribution in [3.63, 3.8) is 0 Å². The van der Waals surface area contributed by atoms with Crippen molar-refractivity contribution in [2.24, 2.45) is 5.92 Å². The maximum absolute atomic E-state index is 13.6. The van der Waals surface area contributed by atoms with Crippen molar-refractivity contribution >= 4 is 33.2 Å². The molecule has 5 nitrogen and oxygen atoms in total. The number of benzene rings is 3. The Hall–Kier alpha value is -2.83. The Morgan fingerprint density at radius 2 is 1.59 bits per heavy atom. The zero-order chi connectivity index (χ0) is 24.9. The minimum absolute atomic E-state index is 0.0738. The van der Waals surface area contributed by atoms with E-state index in [1.807, 2.05) is 50.2 Å². The van der Waals surface area contributed by atoms with Gasteiger partial charge < -0.3 is 5.32 Å². The number of halogens is 1. The molecule has 7 heteroatoms. The highest BCUT2D eigenvalue weighted by Gasteiger charge is 2.28. The molecule has 1 N–H and O–H groups in total. The summed E-state index contributed by atoms with van der Waals surface area (Å²) in [5.74, 6) is -0.0237. The Kier molecular flexibility index (Phi) is 8.39. The van der Waals surface area contributed by atoms with Gasteiger partial charge in [0.05, 0.1) is 16.6 Å². The summed E-state index contributed by atoms with van der Waals surface area (Å²) in [6, 6.07) is 20.9. The molecule has 1 atom stereocenters. The molecule has 0 fully saturated rings. The van der Waals surface area contributed by atoms with E-state index in [0.29, 0.717) is 16.6 Å². The standard InChI is InChI=1S/C27H31ClN2O3S/c1-19(2)16-26(22-8-6-5-7-9-22)29-27(31)18-30(24-13-10-20(3)21(4)17-24)34(32,33)25-14-11-23(28)12-15-25/h5-15,17,19,26H,16,18H2,1-4H3,(H,29,31)/t26-/m1/s1. The van der Waals surface area contributed by atoms with E-state index in [4.69, 9.17) is 11.6 Å². The third kappa shape index (κ3) is 6.39. The van der Waals surface area contributed by atoms with Crippen LogP contribution in [0.15, 0.2) is 77.7 Å². The maximum Gasteiger partial charge on any atom is 0.264 e. The van der Waals surface area contributed by atoms with Crippen molar-refractivity contribution in [1.82, 2.24) is 5.32 Å². The maximum atomic E-state index is 13.6. The average molecular weight is 499 g/mol. The molecule has 34 heavy (non-hydrogen) atoms. The number of nitrogens with one attached hydrogen (secondary N) is 1. The number of hydrogen-bond donors (Lipinski definition) is 1. The lowest BCUT2D eigenvalue weighted by molar-refractivity contribution is -0.120. The Bertz CT molecular complexity index is 1230. The summed E-state index contributed by atoms with van der Waals surface area (Å²) in [6.45, 7) is 7.72. The molecule has 0 radical (unpaired) electrons. The van der Waals surface area contributed by atoms with Gasteiger partial charge in [-0.3, -0.25) is 9.10 Å². The van der Waals surface area contributed by atoms with Gasteiger partial charge in [-0.05, 0) is 79.3 Å². The third-order valence-corrected chi connectivity index (χ3v) is 7.75. The van der Waals surface area contributed by atoms with Crippen LogP contribution in [0.2, 0.25) is 5.02 Å². The molecule has 0 aliphatic carbocycles. The Morgan fingerprint density at radius 1 is 0.941 bits per heavy atom. The molecule has 0 unspecified atom stereocenters. The van der Waals surface area contributed by atoms with Gasteiger partial charge in [-0.1, -0.05) is 61.8 Å². The average Bonchev–Trinajstić information content (AvgIpc) is 2.79. The Labute approximate surface area is 207 Å². The van der Waals surface area contributed by atoms with Crippen LogP contribution in [-0.4, -0.2) is 20.9 Å². The summed E-state index contributed by atoms with van der Waals surface area (Å²) in [6.07, 6.45) is 0.739. The zero-order valence-corrected chi connectivity index (χ0v) is 21.5.